The Bertz CT molecular complexity index is 416. The number of carbonyl (C=O) groups is 2. The zero-order chi connectivity index (χ0) is 14.2. The highest BCUT2D eigenvalue weighted by molar-refractivity contribution is 5.81. The maximum atomic E-state index is 12.4. The van der Waals surface area contributed by atoms with Crippen molar-refractivity contribution in [1.29, 1.82) is 0 Å². The molecule has 5 nitrogen and oxygen atoms in total. The van der Waals surface area contributed by atoms with E-state index in [9.17, 15) is 9.59 Å². The minimum absolute atomic E-state index is 0.0953. The lowest BCUT2D eigenvalue weighted by molar-refractivity contribution is -0.150. The van der Waals surface area contributed by atoms with Crippen LogP contribution in [0.4, 0.5) is 0 Å². The first-order valence-electron chi connectivity index (χ1n) is 7.66. The fourth-order valence-corrected chi connectivity index (χ4v) is 4.21. The van der Waals surface area contributed by atoms with Crippen LogP contribution in [0.25, 0.3) is 0 Å². The third kappa shape index (κ3) is 2.03. The smallest absolute Gasteiger partial charge is 0.305 e. The molecule has 20 heavy (non-hydrogen) atoms. The van der Waals surface area contributed by atoms with Gasteiger partial charge in [0.25, 0.3) is 0 Å². The monoisotopic (exact) mass is 281 g/mol. The molecule has 112 valence electrons. The summed E-state index contributed by atoms with van der Waals surface area (Å²) in [6.07, 6.45) is 7.80. The van der Waals surface area contributed by atoms with Crippen molar-refractivity contribution in [2.24, 2.45) is 0 Å². The summed E-state index contributed by atoms with van der Waals surface area (Å²) in [5, 5.41) is 0. The van der Waals surface area contributed by atoms with Gasteiger partial charge in [0.1, 0.15) is 5.72 Å². The number of fused-ring (bicyclic) bond motifs is 2. The van der Waals surface area contributed by atoms with Crippen LogP contribution in [-0.2, 0) is 19.1 Å². The van der Waals surface area contributed by atoms with Crippen LogP contribution in [0.3, 0.4) is 0 Å². The largest absolute Gasteiger partial charge is 0.469 e. The average molecular weight is 281 g/mol. The number of hydrogen-bond acceptors (Lipinski definition) is 4. The molecule has 1 atom stereocenters. The molecule has 0 radical (unpaired) electrons. The van der Waals surface area contributed by atoms with Gasteiger partial charge in [-0.3, -0.25) is 9.59 Å². The molecule has 0 aromatic carbocycles. The molecule has 3 aliphatic rings. The first-order valence-corrected chi connectivity index (χ1v) is 7.66. The molecule has 0 aromatic rings. The van der Waals surface area contributed by atoms with E-state index in [1.165, 1.54) is 26.4 Å². The van der Waals surface area contributed by atoms with Gasteiger partial charge in [-0.15, -0.1) is 0 Å². The first kappa shape index (κ1) is 13.9. The van der Waals surface area contributed by atoms with Gasteiger partial charge < -0.3 is 14.4 Å². The Morgan fingerprint density at radius 3 is 2.75 bits per heavy atom. The normalized spacial score (nSPS) is 31.6. The maximum Gasteiger partial charge on any atom is 0.305 e. The first-order chi connectivity index (χ1) is 9.62. The minimum Gasteiger partial charge on any atom is -0.469 e. The summed E-state index contributed by atoms with van der Waals surface area (Å²) in [4.78, 5) is 25.8. The highest BCUT2D eigenvalue weighted by atomic mass is 16.5. The highest BCUT2D eigenvalue weighted by Crippen LogP contribution is 2.51. The van der Waals surface area contributed by atoms with Gasteiger partial charge in [-0.2, -0.15) is 0 Å². The fourth-order valence-electron chi connectivity index (χ4n) is 4.21. The van der Waals surface area contributed by atoms with E-state index in [-0.39, 0.29) is 17.4 Å². The molecule has 1 amide bonds. The topological polar surface area (TPSA) is 55.8 Å². The molecule has 0 unspecified atom stereocenters. The van der Waals surface area contributed by atoms with Crippen LogP contribution in [0.5, 0.6) is 0 Å². The van der Waals surface area contributed by atoms with E-state index in [1.807, 2.05) is 4.90 Å². The zero-order valence-corrected chi connectivity index (χ0v) is 12.2. The van der Waals surface area contributed by atoms with Gasteiger partial charge in [-0.1, -0.05) is 19.3 Å². The molecule has 2 saturated heterocycles. The Morgan fingerprint density at radius 2 is 2.05 bits per heavy atom. The lowest BCUT2D eigenvalue weighted by atomic mass is 9.81. The lowest BCUT2D eigenvalue weighted by Gasteiger charge is -2.43. The van der Waals surface area contributed by atoms with Crippen LogP contribution in [0, 0.1) is 0 Å². The summed E-state index contributed by atoms with van der Waals surface area (Å²) in [5.74, 6) is -0.0267. The number of methoxy groups -OCH3 is 1. The number of amides is 1. The Labute approximate surface area is 119 Å². The summed E-state index contributed by atoms with van der Waals surface area (Å²) >= 11 is 0. The fraction of sp³-hybridized carbons (Fsp3) is 0.867. The Morgan fingerprint density at radius 1 is 1.30 bits per heavy atom. The zero-order valence-electron chi connectivity index (χ0n) is 12.2. The predicted molar refractivity (Wildman–Crippen MR) is 71.8 cm³/mol. The standard InChI is InChI=1S/C15H23NO4/c1-19-13(18)6-10-15-9-5-12(17)16(15)14(11-20-15)7-3-2-4-8-14/h2-11H2,1H3/t15-/m1/s1. The van der Waals surface area contributed by atoms with Gasteiger partial charge in [0, 0.05) is 19.3 Å². The molecule has 1 saturated carbocycles. The van der Waals surface area contributed by atoms with Crippen molar-refractivity contribution in [2.75, 3.05) is 13.7 Å². The van der Waals surface area contributed by atoms with Crippen LogP contribution < -0.4 is 0 Å². The number of ether oxygens (including phenoxy) is 2. The molecule has 5 heteroatoms. The number of hydrogen-bond donors (Lipinski definition) is 0. The van der Waals surface area contributed by atoms with Gasteiger partial charge in [0.15, 0.2) is 0 Å². The van der Waals surface area contributed by atoms with Crippen molar-refractivity contribution >= 4 is 11.9 Å². The molecule has 2 heterocycles. The van der Waals surface area contributed by atoms with E-state index in [0.717, 1.165) is 12.8 Å². The summed E-state index contributed by atoms with van der Waals surface area (Å²) in [6.45, 7) is 0.639. The van der Waals surface area contributed by atoms with Crippen molar-refractivity contribution in [3.8, 4) is 0 Å². The van der Waals surface area contributed by atoms with Crippen LogP contribution in [0.1, 0.15) is 57.8 Å². The van der Waals surface area contributed by atoms with Crippen molar-refractivity contribution in [3.05, 3.63) is 0 Å². The average Bonchev–Trinajstić information content (AvgIpc) is 2.96. The van der Waals surface area contributed by atoms with E-state index in [1.54, 1.807) is 0 Å². The molecular weight excluding hydrogens is 258 g/mol. The molecule has 1 spiro atoms. The van der Waals surface area contributed by atoms with Crippen LogP contribution in [0.2, 0.25) is 0 Å². The second-order valence-electron chi connectivity index (χ2n) is 6.33. The van der Waals surface area contributed by atoms with Crippen molar-refractivity contribution in [2.45, 2.75) is 69.1 Å². The van der Waals surface area contributed by atoms with Crippen LogP contribution in [0.15, 0.2) is 0 Å². The predicted octanol–water partition coefficient (Wildman–Crippen LogP) is 1.99. The molecule has 0 bridgehead atoms. The SMILES string of the molecule is COC(=O)CC[C@]12CCC(=O)N1C1(CCCCC1)CO2. The number of carbonyl (C=O) groups excluding carboxylic acids is 2. The van der Waals surface area contributed by atoms with Gasteiger partial charge in [0.05, 0.1) is 25.7 Å². The minimum atomic E-state index is -0.539. The van der Waals surface area contributed by atoms with Gasteiger partial charge in [0.2, 0.25) is 5.91 Å². The highest BCUT2D eigenvalue weighted by Gasteiger charge is 2.60. The Balaban J connectivity index is 1.80. The van der Waals surface area contributed by atoms with E-state index in [0.29, 0.717) is 32.3 Å². The summed E-state index contributed by atoms with van der Waals surface area (Å²) in [7, 11) is 1.40. The molecule has 0 aromatic heterocycles. The Kier molecular flexibility index (Phi) is 3.48. The molecule has 3 rings (SSSR count). The third-order valence-electron chi connectivity index (χ3n) is 5.20. The Hall–Kier alpha value is -1.10. The van der Waals surface area contributed by atoms with Gasteiger partial charge >= 0.3 is 5.97 Å². The number of esters is 1. The lowest BCUT2D eigenvalue weighted by Crippen LogP contribution is -2.54. The number of rotatable bonds is 3. The van der Waals surface area contributed by atoms with Crippen molar-refractivity contribution in [3.63, 3.8) is 0 Å². The quantitative estimate of drug-likeness (QED) is 0.742. The van der Waals surface area contributed by atoms with Crippen LogP contribution >= 0.6 is 0 Å². The van der Waals surface area contributed by atoms with E-state index in [4.69, 9.17) is 9.47 Å². The van der Waals surface area contributed by atoms with E-state index >= 15 is 0 Å². The van der Waals surface area contributed by atoms with Gasteiger partial charge in [-0.05, 0) is 12.8 Å². The molecule has 3 fully saturated rings. The molecule has 2 aliphatic heterocycles. The molecule has 0 N–H and O–H groups in total. The summed E-state index contributed by atoms with van der Waals surface area (Å²) in [5.41, 5.74) is -0.634. The third-order valence-corrected chi connectivity index (χ3v) is 5.20. The van der Waals surface area contributed by atoms with Gasteiger partial charge in [-0.25, -0.2) is 0 Å². The van der Waals surface area contributed by atoms with Crippen molar-refractivity contribution < 1.29 is 19.1 Å². The summed E-state index contributed by atoms with van der Waals surface area (Å²) < 4.78 is 10.8. The number of nitrogens with zero attached hydrogens (tertiary/aromatic N) is 1. The summed E-state index contributed by atoms with van der Waals surface area (Å²) in [6, 6.07) is 0. The van der Waals surface area contributed by atoms with E-state index < -0.39 is 5.72 Å². The molecule has 1 aliphatic carbocycles. The van der Waals surface area contributed by atoms with Crippen molar-refractivity contribution in [1.82, 2.24) is 4.90 Å². The molecular formula is C15H23NO4. The van der Waals surface area contributed by atoms with Crippen LogP contribution in [-0.4, -0.2) is 41.8 Å². The second kappa shape index (κ2) is 5.02. The maximum absolute atomic E-state index is 12.4. The van der Waals surface area contributed by atoms with E-state index in [2.05, 4.69) is 0 Å². The second-order valence-corrected chi connectivity index (χ2v) is 6.33.